The van der Waals surface area contributed by atoms with Crippen LogP contribution in [0.25, 0.3) is 0 Å². The van der Waals surface area contributed by atoms with Crippen molar-refractivity contribution >= 4 is 41.5 Å². The number of halogens is 3. The Hall–Kier alpha value is -0.680. The number of nitrogens with zero attached hydrogens (tertiary/aromatic N) is 1. The normalized spacial score (nSPS) is 23.7. The van der Waals surface area contributed by atoms with E-state index in [-0.39, 0.29) is 24.9 Å². The third-order valence-electron chi connectivity index (χ3n) is 4.62. The number of likely N-dealkylation sites (tertiary alicyclic amines) is 1. The Kier molecular flexibility index (Phi) is 6.84. The zero-order valence-corrected chi connectivity index (χ0v) is 15.1. The van der Waals surface area contributed by atoms with E-state index in [0.29, 0.717) is 27.6 Å². The molecule has 0 aliphatic carbocycles. The van der Waals surface area contributed by atoms with Gasteiger partial charge < -0.3 is 15.0 Å². The average molecular weight is 380 g/mol. The Morgan fingerprint density at radius 2 is 1.87 bits per heavy atom. The fourth-order valence-corrected chi connectivity index (χ4v) is 3.75. The molecule has 2 fully saturated rings. The summed E-state index contributed by atoms with van der Waals surface area (Å²) >= 11 is 11.9. The van der Waals surface area contributed by atoms with Crippen LogP contribution in [-0.2, 0) is 4.79 Å². The predicted octanol–water partition coefficient (Wildman–Crippen LogP) is 3.25. The van der Waals surface area contributed by atoms with Crippen LogP contribution in [0.5, 0.6) is 5.75 Å². The summed E-state index contributed by atoms with van der Waals surface area (Å²) in [6.45, 7) is 3.83. The molecule has 128 valence electrons. The number of hydrogen-bond acceptors (Lipinski definition) is 3. The highest BCUT2D eigenvalue weighted by molar-refractivity contribution is 6.35. The molecule has 2 atom stereocenters. The van der Waals surface area contributed by atoms with Crippen molar-refractivity contribution in [2.45, 2.75) is 12.8 Å². The Labute approximate surface area is 152 Å². The molecule has 1 N–H and O–H groups in total. The molecule has 0 bridgehead atoms. The van der Waals surface area contributed by atoms with E-state index in [2.05, 4.69) is 5.32 Å². The minimum Gasteiger partial charge on any atom is -0.482 e. The quantitative estimate of drug-likeness (QED) is 0.876. The molecule has 0 saturated carbocycles. The number of nitrogens with one attached hydrogen (secondary N) is 1. The number of rotatable bonds is 3. The molecule has 2 aliphatic rings. The number of carbonyl (C=O) groups excluding carboxylic acids is 1. The van der Waals surface area contributed by atoms with Gasteiger partial charge in [-0.2, -0.15) is 0 Å². The van der Waals surface area contributed by atoms with Gasteiger partial charge in [0.05, 0.1) is 5.02 Å². The zero-order valence-electron chi connectivity index (χ0n) is 12.8. The number of hydrogen-bond donors (Lipinski definition) is 1. The number of ether oxygens (including phenoxy) is 1. The lowest BCUT2D eigenvalue weighted by Crippen LogP contribution is -2.36. The first-order valence-corrected chi connectivity index (χ1v) is 8.45. The van der Waals surface area contributed by atoms with Gasteiger partial charge in [0.1, 0.15) is 5.75 Å². The van der Waals surface area contributed by atoms with Gasteiger partial charge in [-0.25, -0.2) is 0 Å². The topological polar surface area (TPSA) is 41.6 Å². The van der Waals surface area contributed by atoms with Crippen molar-refractivity contribution < 1.29 is 9.53 Å². The molecule has 7 heteroatoms. The van der Waals surface area contributed by atoms with E-state index in [9.17, 15) is 4.79 Å². The molecule has 1 aromatic carbocycles. The first kappa shape index (κ1) is 18.7. The summed E-state index contributed by atoms with van der Waals surface area (Å²) in [5, 5.41) is 4.42. The first-order valence-electron chi connectivity index (χ1n) is 7.70. The second kappa shape index (κ2) is 8.43. The second-order valence-corrected chi connectivity index (χ2v) is 6.84. The van der Waals surface area contributed by atoms with Crippen molar-refractivity contribution in [1.29, 1.82) is 0 Å². The molecule has 0 unspecified atom stereocenters. The molecule has 0 aromatic heterocycles. The molecule has 23 heavy (non-hydrogen) atoms. The van der Waals surface area contributed by atoms with E-state index in [0.717, 1.165) is 39.0 Å². The minimum absolute atomic E-state index is 0. The summed E-state index contributed by atoms with van der Waals surface area (Å²) in [5.41, 5.74) is 0. The fourth-order valence-electron chi connectivity index (χ4n) is 3.29. The van der Waals surface area contributed by atoms with Crippen LogP contribution in [-0.4, -0.2) is 43.6 Å². The highest BCUT2D eigenvalue weighted by Gasteiger charge is 2.31. The number of amides is 1. The summed E-state index contributed by atoms with van der Waals surface area (Å²) in [4.78, 5) is 14.3. The standard InChI is InChI=1S/C16H20Cl2N2O2.ClH/c17-13-1-2-15(14(18)7-13)22-10-16(21)20-5-3-11-8-19-9-12(11)4-6-20;/h1-2,7,11-12,19H,3-6,8-10H2;1H/t11-,12+;. The van der Waals surface area contributed by atoms with Gasteiger partial charge in [-0.05, 0) is 56.0 Å². The maximum absolute atomic E-state index is 12.3. The first-order chi connectivity index (χ1) is 10.6. The Bertz CT molecular complexity index is 542. The molecule has 1 aromatic rings. The van der Waals surface area contributed by atoms with Crippen LogP contribution in [0.2, 0.25) is 10.0 Å². The summed E-state index contributed by atoms with van der Waals surface area (Å²) in [7, 11) is 0. The van der Waals surface area contributed by atoms with E-state index < -0.39 is 0 Å². The van der Waals surface area contributed by atoms with Gasteiger partial charge in [0, 0.05) is 18.1 Å². The second-order valence-electron chi connectivity index (χ2n) is 6.00. The monoisotopic (exact) mass is 378 g/mol. The highest BCUT2D eigenvalue weighted by atomic mass is 35.5. The largest absolute Gasteiger partial charge is 0.482 e. The Morgan fingerprint density at radius 3 is 2.48 bits per heavy atom. The SMILES string of the molecule is Cl.O=C(COc1ccc(Cl)cc1Cl)N1CC[C@@H]2CNC[C@@H]2CC1. The molecule has 2 heterocycles. The van der Waals surface area contributed by atoms with Crippen LogP contribution in [0, 0.1) is 11.8 Å². The summed E-state index contributed by atoms with van der Waals surface area (Å²) in [6, 6.07) is 5.01. The molecule has 2 saturated heterocycles. The van der Waals surface area contributed by atoms with Gasteiger partial charge in [-0.3, -0.25) is 4.79 Å². The molecule has 2 aliphatic heterocycles. The van der Waals surface area contributed by atoms with E-state index in [1.807, 2.05) is 4.90 Å². The minimum atomic E-state index is 0. The van der Waals surface area contributed by atoms with E-state index in [1.54, 1.807) is 18.2 Å². The lowest BCUT2D eigenvalue weighted by Gasteiger charge is -2.21. The van der Waals surface area contributed by atoms with Crippen LogP contribution in [0.4, 0.5) is 0 Å². The maximum Gasteiger partial charge on any atom is 0.260 e. The molecular weight excluding hydrogens is 359 g/mol. The number of fused-ring (bicyclic) bond motifs is 1. The van der Waals surface area contributed by atoms with Crippen molar-refractivity contribution in [2.75, 3.05) is 32.8 Å². The van der Waals surface area contributed by atoms with Crippen LogP contribution in [0.15, 0.2) is 18.2 Å². The summed E-state index contributed by atoms with van der Waals surface area (Å²) in [6.07, 6.45) is 2.15. The van der Waals surface area contributed by atoms with Gasteiger partial charge in [-0.1, -0.05) is 23.2 Å². The molecule has 0 spiro atoms. The number of carbonyl (C=O) groups is 1. The molecule has 1 amide bonds. The molecular formula is C16H21Cl3N2O2. The van der Waals surface area contributed by atoms with Crippen molar-refractivity contribution in [2.24, 2.45) is 11.8 Å². The van der Waals surface area contributed by atoms with Gasteiger partial charge in [0.2, 0.25) is 0 Å². The van der Waals surface area contributed by atoms with E-state index >= 15 is 0 Å². The van der Waals surface area contributed by atoms with Crippen molar-refractivity contribution in [3.05, 3.63) is 28.2 Å². The molecule has 4 nitrogen and oxygen atoms in total. The van der Waals surface area contributed by atoms with E-state index in [4.69, 9.17) is 27.9 Å². The van der Waals surface area contributed by atoms with E-state index in [1.165, 1.54) is 0 Å². The van der Waals surface area contributed by atoms with Crippen LogP contribution < -0.4 is 10.1 Å². The van der Waals surface area contributed by atoms with Crippen molar-refractivity contribution in [3.63, 3.8) is 0 Å². The summed E-state index contributed by atoms with van der Waals surface area (Å²) < 4.78 is 5.55. The lowest BCUT2D eigenvalue weighted by molar-refractivity contribution is -0.133. The molecule has 0 radical (unpaired) electrons. The highest BCUT2D eigenvalue weighted by Crippen LogP contribution is 2.29. The van der Waals surface area contributed by atoms with Crippen LogP contribution in [0.3, 0.4) is 0 Å². The van der Waals surface area contributed by atoms with Crippen molar-refractivity contribution in [1.82, 2.24) is 10.2 Å². The average Bonchev–Trinajstić information content (AvgIpc) is 2.85. The van der Waals surface area contributed by atoms with Gasteiger partial charge >= 0.3 is 0 Å². The van der Waals surface area contributed by atoms with Crippen LogP contribution in [0.1, 0.15) is 12.8 Å². The lowest BCUT2D eigenvalue weighted by atomic mass is 9.92. The summed E-state index contributed by atoms with van der Waals surface area (Å²) in [5.74, 6) is 1.95. The van der Waals surface area contributed by atoms with Gasteiger partial charge in [-0.15, -0.1) is 12.4 Å². The predicted molar refractivity (Wildman–Crippen MR) is 94.9 cm³/mol. The maximum atomic E-state index is 12.3. The third kappa shape index (κ3) is 4.66. The van der Waals surface area contributed by atoms with Gasteiger partial charge in [0.25, 0.3) is 5.91 Å². The molecule has 3 rings (SSSR count). The van der Waals surface area contributed by atoms with Crippen LogP contribution >= 0.6 is 35.6 Å². The Balaban J connectivity index is 0.00000192. The van der Waals surface area contributed by atoms with Crippen molar-refractivity contribution in [3.8, 4) is 5.75 Å². The smallest absolute Gasteiger partial charge is 0.260 e. The zero-order chi connectivity index (χ0) is 15.5. The number of benzene rings is 1. The Morgan fingerprint density at radius 1 is 1.22 bits per heavy atom. The third-order valence-corrected chi connectivity index (χ3v) is 5.15. The fraction of sp³-hybridized carbons (Fsp3) is 0.562. The van der Waals surface area contributed by atoms with Gasteiger partial charge in [0.15, 0.2) is 6.61 Å².